The summed E-state index contributed by atoms with van der Waals surface area (Å²) >= 11 is 0. The minimum atomic E-state index is -0.196. The van der Waals surface area contributed by atoms with Crippen molar-refractivity contribution in [2.45, 2.75) is 25.7 Å². The second kappa shape index (κ2) is 5.42. The number of piperidine rings is 1. The van der Waals surface area contributed by atoms with Crippen LogP contribution in [0.15, 0.2) is 37.0 Å². The van der Waals surface area contributed by atoms with Gasteiger partial charge in [0, 0.05) is 13.1 Å². The molecule has 0 radical (unpaired) electrons. The van der Waals surface area contributed by atoms with Gasteiger partial charge in [-0.1, -0.05) is 31.4 Å². The normalized spacial score (nSPS) is 21.6. The highest BCUT2D eigenvalue weighted by molar-refractivity contribution is 5.68. The Balaban J connectivity index is 1.82. The largest absolute Gasteiger partial charge is 0.445 e. The number of hydrogen-bond acceptors (Lipinski definition) is 2. The van der Waals surface area contributed by atoms with Crippen molar-refractivity contribution < 1.29 is 9.53 Å². The van der Waals surface area contributed by atoms with E-state index in [1.54, 1.807) is 18.2 Å². The fourth-order valence-corrected chi connectivity index (χ4v) is 2.51. The van der Waals surface area contributed by atoms with E-state index in [9.17, 15) is 4.79 Å². The number of allylic oxidation sites excluding steroid dienone is 2. The number of carbonyl (C=O) groups is 1. The van der Waals surface area contributed by atoms with E-state index in [2.05, 4.69) is 13.2 Å². The van der Waals surface area contributed by atoms with Gasteiger partial charge in [-0.3, -0.25) is 0 Å². The molecule has 1 amide bonds. The highest BCUT2D eigenvalue weighted by Gasteiger charge is 2.46. The third-order valence-electron chi connectivity index (χ3n) is 3.83. The minimum Gasteiger partial charge on any atom is -0.445 e. The van der Waals surface area contributed by atoms with E-state index < -0.39 is 0 Å². The lowest BCUT2D eigenvalue weighted by Crippen LogP contribution is -2.41. The molecular weight excluding hydrogens is 226 g/mol. The van der Waals surface area contributed by atoms with Crippen LogP contribution in [-0.4, -0.2) is 30.7 Å². The maximum Gasteiger partial charge on any atom is 0.410 e. The molecule has 1 saturated carbocycles. The number of carbonyl (C=O) groups excluding carboxylic acids is 1. The van der Waals surface area contributed by atoms with Gasteiger partial charge in [0.2, 0.25) is 0 Å². The summed E-state index contributed by atoms with van der Waals surface area (Å²) in [6.45, 7) is 9.28. The minimum absolute atomic E-state index is 0.196. The summed E-state index contributed by atoms with van der Waals surface area (Å²) in [7, 11) is 0. The molecule has 1 saturated heterocycles. The predicted molar refractivity (Wildman–Crippen MR) is 72.3 cm³/mol. The first-order chi connectivity index (χ1) is 8.69. The quantitative estimate of drug-likeness (QED) is 0.713. The van der Waals surface area contributed by atoms with E-state index in [4.69, 9.17) is 4.74 Å². The molecule has 3 heteroatoms. The van der Waals surface area contributed by atoms with Crippen LogP contribution in [0.3, 0.4) is 0 Å². The molecule has 0 atom stereocenters. The molecule has 0 aromatic carbocycles. The first-order valence-electron chi connectivity index (χ1n) is 6.55. The molecule has 1 spiro atoms. The number of ether oxygens (including phenoxy) is 1. The fraction of sp³-hybridized carbons (Fsp3) is 0.533. The van der Waals surface area contributed by atoms with Gasteiger partial charge >= 0.3 is 6.09 Å². The number of hydrogen-bond donors (Lipinski definition) is 0. The van der Waals surface area contributed by atoms with Crippen molar-refractivity contribution >= 4 is 6.09 Å². The zero-order valence-electron chi connectivity index (χ0n) is 10.9. The van der Waals surface area contributed by atoms with Crippen molar-refractivity contribution in [2.75, 3.05) is 19.7 Å². The lowest BCUT2D eigenvalue weighted by molar-refractivity contribution is 0.0874. The fourth-order valence-electron chi connectivity index (χ4n) is 2.51. The van der Waals surface area contributed by atoms with Gasteiger partial charge in [-0.25, -0.2) is 4.79 Å². The summed E-state index contributed by atoms with van der Waals surface area (Å²) in [5.41, 5.74) is 1.31. The standard InChI is InChI=1S/C15H21NO2/c1-3-6-13(4-2)11-18-14(17)16-10-5-7-15(12-16)8-9-15/h3-4,6H,1-2,5,7-12H2/b13-6+. The second-order valence-corrected chi connectivity index (χ2v) is 5.26. The highest BCUT2D eigenvalue weighted by atomic mass is 16.6. The van der Waals surface area contributed by atoms with E-state index in [1.807, 2.05) is 4.90 Å². The van der Waals surface area contributed by atoms with E-state index in [-0.39, 0.29) is 12.7 Å². The lowest BCUT2D eigenvalue weighted by Gasteiger charge is -2.32. The average molecular weight is 247 g/mol. The zero-order chi connectivity index (χ0) is 13.0. The molecule has 1 aliphatic heterocycles. The van der Waals surface area contributed by atoms with Crippen molar-refractivity contribution in [2.24, 2.45) is 5.41 Å². The van der Waals surface area contributed by atoms with Crippen LogP contribution in [0.2, 0.25) is 0 Å². The Morgan fingerprint density at radius 1 is 1.33 bits per heavy atom. The van der Waals surface area contributed by atoms with E-state index in [0.29, 0.717) is 5.41 Å². The molecule has 3 nitrogen and oxygen atoms in total. The SMILES string of the molecule is C=C/C=C(\C=C)COC(=O)N1CCCC2(CC2)C1. The van der Waals surface area contributed by atoms with Gasteiger partial charge < -0.3 is 9.64 Å². The molecule has 98 valence electrons. The van der Waals surface area contributed by atoms with Crippen LogP contribution in [0.4, 0.5) is 4.79 Å². The lowest BCUT2D eigenvalue weighted by atomic mass is 9.95. The summed E-state index contributed by atoms with van der Waals surface area (Å²) < 4.78 is 5.31. The summed E-state index contributed by atoms with van der Waals surface area (Å²) in [5.74, 6) is 0. The molecule has 0 aromatic heterocycles. The van der Waals surface area contributed by atoms with Crippen molar-refractivity contribution in [3.63, 3.8) is 0 Å². The van der Waals surface area contributed by atoms with E-state index in [0.717, 1.165) is 25.1 Å². The van der Waals surface area contributed by atoms with Crippen molar-refractivity contribution in [3.05, 3.63) is 37.0 Å². The Bertz CT molecular complexity index is 380. The Morgan fingerprint density at radius 3 is 2.72 bits per heavy atom. The monoisotopic (exact) mass is 247 g/mol. The van der Waals surface area contributed by atoms with Gasteiger partial charge in [0.1, 0.15) is 6.61 Å². The van der Waals surface area contributed by atoms with Gasteiger partial charge in [0.15, 0.2) is 0 Å². The van der Waals surface area contributed by atoms with Crippen molar-refractivity contribution in [1.29, 1.82) is 0 Å². The van der Waals surface area contributed by atoms with Gasteiger partial charge in [-0.05, 0) is 36.7 Å². The van der Waals surface area contributed by atoms with Crippen LogP contribution in [0.5, 0.6) is 0 Å². The molecule has 2 aliphatic rings. The van der Waals surface area contributed by atoms with Crippen LogP contribution < -0.4 is 0 Å². The van der Waals surface area contributed by atoms with Gasteiger partial charge in [-0.2, -0.15) is 0 Å². The van der Waals surface area contributed by atoms with Gasteiger partial charge in [0.05, 0.1) is 0 Å². The van der Waals surface area contributed by atoms with Crippen LogP contribution in [0.1, 0.15) is 25.7 Å². The summed E-state index contributed by atoms with van der Waals surface area (Å²) in [4.78, 5) is 13.8. The second-order valence-electron chi connectivity index (χ2n) is 5.26. The van der Waals surface area contributed by atoms with Crippen molar-refractivity contribution in [1.82, 2.24) is 4.90 Å². The summed E-state index contributed by atoms with van der Waals surface area (Å²) in [5, 5.41) is 0. The average Bonchev–Trinajstić information content (AvgIpc) is 3.13. The first-order valence-corrected chi connectivity index (χ1v) is 6.55. The Morgan fingerprint density at radius 2 is 2.11 bits per heavy atom. The van der Waals surface area contributed by atoms with Crippen LogP contribution in [-0.2, 0) is 4.74 Å². The molecule has 0 N–H and O–H groups in total. The number of likely N-dealkylation sites (tertiary alicyclic amines) is 1. The molecular formula is C15H21NO2. The topological polar surface area (TPSA) is 29.5 Å². The molecule has 0 bridgehead atoms. The number of amides is 1. The Kier molecular flexibility index (Phi) is 3.90. The maximum absolute atomic E-state index is 12.0. The third-order valence-corrected chi connectivity index (χ3v) is 3.83. The van der Waals surface area contributed by atoms with Gasteiger partial charge in [-0.15, -0.1) is 0 Å². The molecule has 2 rings (SSSR count). The molecule has 1 aliphatic carbocycles. The highest BCUT2D eigenvalue weighted by Crippen LogP contribution is 2.52. The summed E-state index contributed by atoms with van der Waals surface area (Å²) in [6.07, 6.45) is 9.88. The Labute approximate surface area is 109 Å². The smallest absolute Gasteiger partial charge is 0.410 e. The molecule has 0 aromatic rings. The predicted octanol–water partition coefficient (Wildman–Crippen LogP) is 3.30. The molecule has 18 heavy (non-hydrogen) atoms. The van der Waals surface area contributed by atoms with E-state index >= 15 is 0 Å². The first kappa shape index (κ1) is 12.9. The molecule has 2 fully saturated rings. The number of nitrogens with zero attached hydrogens (tertiary/aromatic N) is 1. The van der Waals surface area contributed by atoms with Crippen LogP contribution in [0, 0.1) is 5.41 Å². The molecule has 0 unspecified atom stereocenters. The molecule has 1 heterocycles. The third kappa shape index (κ3) is 3.03. The summed E-state index contributed by atoms with van der Waals surface area (Å²) in [6, 6.07) is 0. The maximum atomic E-state index is 12.0. The van der Waals surface area contributed by atoms with E-state index in [1.165, 1.54) is 19.3 Å². The van der Waals surface area contributed by atoms with Crippen LogP contribution in [0.25, 0.3) is 0 Å². The Hall–Kier alpha value is -1.51. The van der Waals surface area contributed by atoms with Crippen LogP contribution >= 0.6 is 0 Å². The zero-order valence-corrected chi connectivity index (χ0v) is 10.9. The van der Waals surface area contributed by atoms with Gasteiger partial charge in [0.25, 0.3) is 0 Å². The van der Waals surface area contributed by atoms with Crippen molar-refractivity contribution in [3.8, 4) is 0 Å². The number of rotatable bonds is 4.